The summed E-state index contributed by atoms with van der Waals surface area (Å²) in [6.45, 7) is 3.77. The zero-order valence-corrected chi connectivity index (χ0v) is 19.0. The van der Waals surface area contributed by atoms with Crippen molar-refractivity contribution in [1.82, 2.24) is 28.6 Å². The van der Waals surface area contributed by atoms with Crippen LogP contribution in [-0.2, 0) is 40.3 Å². The van der Waals surface area contributed by atoms with Gasteiger partial charge in [0.1, 0.15) is 5.82 Å². The summed E-state index contributed by atoms with van der Waals surface area (Å²) in [5.41, 5.74) is 1.25. The molecule has 3 heterocycles. The minimum atomic E-state index is -4.58. The Hall–Kier alpha value is -2.16. The molecule has 0 unspecified atom stereocenters. The number of rotatable bonds is 6. The molecule has 1 saturated heterocycles. The van der Waals surface area contributed by atoms with Crippen molar-refractivity contribution in [1.29, 1.82) is 0 Å². The maximum atomic E-state index is 12.9. The number of halogens is 3. The van der Waals surface area contributed by atoms with Gasteiger partial charge in [-0.25, -0.2) is 13.4 Å². The molecule has 1 aromatic carbocycles. The molecule has 2 aromatic heterocycles. The predicted molar refractivity (Wildman–Crippen MR) is 111 cm³/mol. The van der Waals surface area contributed by atoms with Gasteiger partial charge in [0.05, 0.1) is 34.9 Å². The van der Waals surface area contributed by atoms with E-state index in [1.54, 1.807) is 12.1 Å². The van der Waals surface area contributed by atoms with Gasteiger partial charge in [0.25, 0.3) is 0 Å². The summed E-state index contributed by atoms with van der Waals surface area (Å²) in [5, 5.41) is 6.97. The van der Waals surface area contributed by atoms with Crippen LogP contribution in [0, 0.1) is 0 Å². The highest BCUT2D eigenvalue weighted by molar-refractivity contribution is 7.98. The number of nitrogens with zero attached hydrogens (tertiary/aromatic N) is 6. The number of benzene rings is 1. The van der Waals surface area contributed by atoms with E-state index in [1.165, 1.54) is 17.4 Å². The first-order valence-corrected chi connectivity index (χ1v) is 12.2. The Morgan fingerprint density at radius 1 is 1.19 bits per heavy atom. The summed E-state index contributed by atoms with van der Waals surface area (Å²) in [6, 6.07) is 4.79. The van der Waals surface area contributed by atoms with Crippen LogP contribution in [0.3, 0.4) is 0 Å². The lowest BCUT2D eigenvalue weighted by Gasteiger charge is -2.26. The maximum Gasteiger partial charge on any atom is 0.451 e. The van der Waals surface area contributed by atoms with Crippen LogP contribution in [-0.4, -0.2) is 63.3 Å². The fraction of sp³-hybridized carbons (Fsp3) is 0.500. The Balaban J connectivity index is 1.61. The monoisotopic (exact) mass is 490 g/mol. The highest BCUT2D eigenvalue weighted by Gasteiger charge is 2.37. The number of hydrogen-bond acceptors (Lipinski definition) is 7. The summed E-state index contributed by atoms with van der Waals surface area (Å²) < 4.78 is 74.1. The molecule has 32 heavy (non-hydrogen) atoms. The van der Waals surface area contributed by atoms with Gasteiger partial charge in [0.2, 0.25) is 15.8 Å². The van der Waals surface area contributed by atoms with Crippen molar-refractivity contribution in [3.8, 4) is 0 Å². The smallest absolute Gasteiger partial charge is 0.379 e. The molecule has 0 bridgehead atoms. The number of ether oxygens (including phenoxy) is 1. The summed E-state index contributed by atoms with van der Waals surface area (Å²) in [7, 11) is -2.40. The molecule has 0 saturated carbocycles. The third-order valence-electron chi connectivity index (χ3n) is 5.14. The van der Waals surface area contributed by atoms with Gasteiger partial charge in [0, 0.05) is 26.7 Å². The lowest BCUT2D eigenvalue weighted by Crippen LogP contribution is -2.40. The van der Waals surface area contributed by atoms with Gasteiger partial charge in [-0.3, -0.25) is 0 Å². The van der Waals surface area contributed by atoms with Crippen molar-refractivity contribution in [3.05, 3.63) is 29.8 Å². The molecule has 1 aliphatic heterocycles. The molecule has 0 spiro atoms. The van der Waals surface area contributed by atoms with E-state index in [1.807, 2.05) is 11.5 Å². The Labute approximate surface area is 186 Å². The van der Waals surface area contributed by atoms with E-state index in [2.05, 4.69) is 15.2 Å². The summed E-state index contributed by atoms with van der Waals surface area (Å²) in [5.74, 6) is -0.218. The number of aromatic nitrogens is 5. The number of imidazole rings is 1. The second-order valence-electron chi connectivity index (χ2n) is 7.09. The topological polar surface area (TPSA) is 95.1 Å². The van der Waals surface area contributed by atoms with E-state index in [0.29, 0.717) is 44.2 Å². The molecule has 9 nitrogen and oxygen atoms in total. The van der Waals surface area contributed by atoms with Gasteiger partial charge in [-0.1, -0.05) is 11.8 Å². The van der Waals surface area contributed by atoms with Crippen molar-refractivity contribution in [2.75, 3.05) is 26.3 Å². The highest BCUT2D eigenvalue weighted by atomic mass is 32.2. The van der Waals surface area contributed by atoms with Crippen LogP contribution in [0.1, 0.15) is 18.6 Å². The van der Waals surface area contributed by atoms with Crippen LogP contribution >= 0.6 is 11.8 Å². The van der Waals surface area contributed by atoms with Gasteiger partial charge in [-0.15, -0.1) is 10.2 Å². The largest absolute Gasteiger partial charge is 0.451 e. The van der Waals surface area contributed by atoms with Gasteiger partial charge in [-0.05, 0) is 25.1 Å². The predicted octanol–water partition coefficient (Wildman–Crippen LogP) is 2.52. The number of aryl methyl sites for hydroxylation is 1. The van der Waals surface area contributed by atoms with Crippen molar-refractivity contribution < 1.29 is 26.3 Å². The summed E-state index contributed by atoms with van der Waals surface area (Å²) in [6.07, 6.45) is -4.58. The van der Waals surface area contributed by atoms with Crippen molar-refractivity contribution in [2.24, 2.45) is 7.05 Å². The van der Waals surface area contributed by atoms with Gasteiger partial charge < -0.3 is 13.9 Å². The Bertz CT molecular complexity index is 1230. The zero-order chi connectivity index (χ0) is 23.1. The molecule has 0 N–H and O–H groups in total. The number of hydrogen-bond donors (Lipinski definition) is 0. The SMILES string of the molecule is CCn1c(CSc2nnc(C(F)(F)F)n2C)nc2cc(S(=O)(=O)N3CCOCC3)ccc21. The van der Waals surface area contributed by atoms with E-state index in [0.717, 1.165) is 21.8 Å². The number of morpholine rings is 1. The average molecular weight is 491 g/mol. The zero-order valence-electron chi connectivity index (χ0n) is 17.3. The van der Waals surface area contributed by atoms with E-state index < -0.39 is 22.0 Å². The lowest BCUT2D eigenvalue weighted by molar-refractivity contribution is -0.147. The van der Waals surface area contributed by atoms with Gasteiger partial charge in [-0.2, -0.15) is 17.5 Å². The van der Waals surface area contributed by atoms with Crippen molar-refractivity contribution in [2.45, 2.75) is 35.4 Å². The molecule has 1 aliphatic rings. The van der Waals surface area contributed by atoms with E-state index >= 15 is 0 Å². The van der Waals surface area contributed by atoms with Gasteiger partial charge >= 0.3 is 6.18 Å². The molecular formula is C18H21F3N6O3S2. The summed E-state index contributed by atoms with van der Waals surface area (Å²) in [4.78, 5) is 4.71. The molecular weight excluding hydrogens is 469 g/mol. The molecule has 14 heteroatoms. The first-order valence-electron chi connectivity index (χ1n) is 9.79. The third kappa shape index (κ3) is 4.23. The molecule has 0 aliphatic carbocycles. The normalized spacial score (nSPS) is 16.2. The molecule has 4 rings (SSSR count). The minimum absolute atomic E-state index is 0.114. The molecule has 0 amide bonds. The second-order valence-corrected chi connectivity index (χ2v) is 9.97. The maximum absolute atomic E-state index is 12.9. The van der Waals surface area contributed by atoms with Crippen LogP contribution in [0.25, 0.3) is 11.0 Å². The molecule has 0 radical (unpaired) electrons. The van der Waals surface area contributed by atoms with E-state index in [-0.39, 0.29) is 15.8 Å². The van der Waals surface area contributed by atoms with Crippen molar-refractivity contribution in [3.63, 3.8) is 0 Å². The average Bonchev–Trinajstić information content (AvgIpc) is 3.31. The van der Waals surface area contributed by atoms with Crippen LogP contribution < -0.4 is 0 Å². The number of fused-ring (bicyclic) bond motifs is 1. The first-order chi connectivity index (χ1) is 15.1. The lowest BCUT2D eigenvalue weighted by atomic mass is 10.3. The fourth-order valence-corrected chi connectivity index (χ4v) is 5.82. The fourth-order valence-electron chi connectivity index (χ4n) is 3.54. The standard InChI is InChI=1S/C18H21F3N6O3S2/c1-3-27-14-5-4-12(32(28,29)26-6-8-30-9-7-26)10-13(14)22-15(27)11-31-17-24-23-16(25(17)2)18(19,20)21/h4-5,10H,3,6-9,11H2,1-2H3. The Morgan fingerprint density at radius 3 is 2.53 bits per heavy atom. The molecule has 3 aromatic rings. The number of sulfonamides is 1. The number of thioether (sulfide) groups is 1. The quantitative estimate of drug-likeness (QED) is 0.490. The Morgan fingerprint density at radius 2 is 1.91 bits per heavy atom. The van der Waals surface area contributed by atoms with E-state index in [4.69, 9.17) is 4.74 Å². The molecule has 1 fully saturated rings. The van der Waals surface area contributed by atoms with Crippen LogP contribution in [0.2, 0.25) is 0 Å². The van der Waals surface area contributed by atoms with Gasteiger partial charge in [0.15, 0.2) is 5.16 Å². The second kappa shape index (κ2) is 8.65. The highest BCUT2D eigenvalue weighted by Crippen LogP contribution is 2.31. The van der Waals surface area contributed by atoms with Crippen molar-refractivity contribution >= 4 is 32.8 Å². The molecule has 0 atom stereocenters. The third-order valence-corrected chi connectivity index (χ3v) is 8.05. The van der Waals surface area contributed by atoms with Crippen LogP contribution in [0.4, 0.5) is 13.2 Å². The first kappa shape index (κ1) is 23.0. The van der Waals surface area contributed by atoms with Crippen LogP contribution in [0.5, 0.6) is 0 Å². The van der Waals surface area contributed by atoms with E-state index in [9.17, 15) is 21.6 Å². The number of alkyl halides is 3. The van der Waals surface area contributed by atoms with Crippen LogP contribution in [0.15, 0.2) is 28.3 Å². The Kier molecular flexibility index (Phi) is 6.22. The summed E-state index contributed by atoms with van der Waals surface area (Å²) >= 11 is 1.08. The molecule has 174 valence electrons. The minimum Gasteiger partial charge on any atom is -0.379 e.